The third-order valence-corrected chi connectivity index (χ3v) is 7.79. The monoisotopic (exact) mass is 284 g/mol. The lowest BCUT2D eigenvalue weighted by Gasteiger charge is -2.48. The van der Waals surface area contributed by atoms with Crippen LogP contribution in [0.15, 0.2) is 30.3 Å². The molecule has 1 aromatic carbocycles. The van der Waals surface area contributed by atoms with Gasteiger partial charge in [-0.2, -0.15) is 0 Å². The van der Waals surface area contributed by atoms with Crippen LogP contribution in [0.3, 0.4) is 0 Å². The molecule has 0 N–H and O–H groups in total. The Morgan fingerprint density at radius 1 is 1.28 bits per heavy atom. The summed E-state index contributed by atoms with van der Waals surface area (Å²) in [4.78, 5) is 0. The van der Waals surface area contributed by atoms with Crippen molar-refractivity contribution in [2.45, 2.75) is 32.4 Å². The zero-order valence-corrected chi connectivity index (χ0v) is 13.1. The summed E-state index contributed by atoms with van der Waals surface area (Å²) in [7, 11) is 4.03. The summed E-state index contributed by atoms with van der Waals surface area (Å²) in [5.74, 6) is 0. The van der Waals surface area contributed by atoms with Crippen molar-refractivity contribution < 1.29 is 4.52 Å². The molecule has 1 aromatic rings. The molecule has 3 nitrogen and oxygen atoms in total. The molecule has 3 atom stereocenters. The minimum absolute atomic E-state index is 0.230. The van der Waals surface area contributed by atoms with Gasteiger partial charge in [-0.25, -0.2) is 4.67 Å². The number of benzene rings is 1. The fourth-order valence-electron chi connectivity index (χ4n) is 2.43. The standard InChI is InChI=1S/C13H21N2OPS/c1-11-10-12(2)16-17(18,14(3)4)15(11)13-8-6-5-7-9-13/h5-9,11-12H,10H2,1-4H3. The highest BCUT2D eigenvalue weighted by molar-refractivity contribution is 8.11. The highest BCUT2D eigenvalue weighted by atomic mass is 32.5. The molecule has 0 aliphatic carbocycles. The number of hydrogen-bond donors (Lipinski definition) is 0. The Morgan fingerprint density at radius 2 is 1.89 bits per heavy atom. The lowest BCUT2D eigenvalue weighted by Crippen LogP contribution is -2.43. The lowest BCUT2D eigenvalue weighted by molar-refractivity contribution is 0.189. The molecule has 3 unspecified atom stereocenters. The molecule has 2 rings (SSSR count). The number of para-hydroxylation sites is 1. The number of nitrogens with zero attached hydrogens (tertiary/aromatic N) is 2. The van der Waals surface area contributed by atoms with Crippen molar-refractivity contribution in [3.63, 3.8) is 0 Å². The third kappa shape index (κ3) is 2.48. The van der Waals surface area contributed by atoms with E-state index in [4.69, 9.17) is 16.3 Å². The second kappa shape index (κ2) is 5.30. The van der Waals surface area contributed by atoms with Gasteiger partial charge in [0.25, 0.3) is 0 Å². The van der Waals surface area contributed by atoms with Gasteiger partial charge < -0.3 is 9.19 Å². The fourth-order valence-corrected chi connectivity index (χ4v) is 5.88. The molecule has 0 saturated carbocycles. The van der Waals surface area contributed by atoms with E-state index in [1.165, 1.54) is 0 Å². The van der Waals surface area contributed by atoms with E-state index in [1.807, 2.05) is 20.2 Å². The Morgan fingerprint density at radius 3 is 2.44 bits per heavy atom. The largest absolute Gasteiger partial charge is 0.319 e. The average Bonchev–Trinajstić information content (AvgIpc) is 2.28. The molecule has 100 valence electrons. The summed E-state index contributed by atoms with van der Waals surface area (Å²) in [6.07, 6.45) is 1.24. The highest BCUT2D eigenvalue weighted by Crippen LogP contribution is 2.60. The van der Waals surface area contributed by atoms with Crippen LogP contribution in [-0.4, -0.2) is 30.9 Å². The van der Waals surface area contributed by atoms with Gasteiger partial charge >= 0.3 is 0 Å². The first-order chi connectivity index (χ1) is 8.45. The first-order valence-corrected chi connectivity index (χ1v) is 8.88. The van der Waals surface area contributed by atoms with E-state index in [9.17, 15) is 0 Å². The van der Waals surface area contributed by atoms with E-state index < -0.39 is 6.57 Å². The Balaban J connectivity index is 2.44. The number of hydrogen-bond acceptors (Lipinski definition) is 2. The summed E-state index contributed by atoms with van der Waals surface area (Å²) in [5, 5.41) is 0. The van der Waals surface area contributed by atoms with Crippen LogP contribution in [0.1, 0.15) is 20.3 Å². The van der Waals surface area contributed by atoms with Crippen molar-refractivity contribution in [2.75, 3.05) is 18.8 Å². The van der Waals surface area contributed by atoms with Crippen LogP contribution >= 0.6 is 6.57 Å². The number of anilines is 1. The summed E-state index contributed by atoms with van der Waals surface area (Å²) >= 11 is 5.88. The highest BCUT2D eigenvalue weighted by Gasteiger charge is 2.39. The quantitative estimate of drug-likeness (QED) is 0.772. The molecule has 1 aliphatic heterocycles. The molecule has 0 aromatic heterocycles. The van der Waals surface area contributed by atoms with Crippen molar-refractivity contribution >= 4 is 24.1 Å². The van der Waals surface area contributed by atoms with Crippen LogP contribution in [0.25, 0.3) is 0 Å². The number of rotatable bonds is 2. The molecule has 0 radical (unpaired) electrons. The van der Waals surface area contributed by atoms with Crippen molar-refractivity contribution in [2.24, 2.45) is 0 Å². The van der Waals surface area contributed by atoms with E-state index in [0.29, 0.717) is 6.04 Å². The lowest BCUT2D eigenvalue weighted by atomic mass is 10.1. The van der Waals surface area contributed by atoms with Crippen molar-refractivity contribution in [1.82, 2.24) is 4.67 Å². The van der Waals surface area contributed by atoms with Gasteiger partial charge in [0.15, 0.2) is 0 Å². The normalized spacial score (nSPS) is 32.8. The SMILES string of the molecule is CC1CC(C)N(c2ccccc2)P(=S)(N(C)C)O1. The minimum atomic E-state index is -2.13. The first-order valence-electron chi connectivity index (χ1n) is 6.26. The molecule has 0 amide bonds. The van der Waals surface area contributed by atoms with Crippen molar-refractivity contribution in [3.05, 3.63) is 30.3 Å². The molecule has 1 fully saturated rings. The molecule has 1 aliphatic rings. The van der Waals surface area contributed by atoms with E-state index in [0.717, 1.165) is 12.1 Å². The predicted molar refractivity (Wildman–Crippen MR) is 81.5 cm³/mol. The fraction of sp³-hybridized carbons (Fsp3) is 0.538. The minimum Gasteiger partial charge on any atom is -0.319 e. The van der Waals surface area contributed by atoms with Crippen molar-refractivity contribution in [1.29, 1.82) is 0 Å². The second-order valence-corrected chi connectivity index (χ2v) is 8.87. The van der Waals surface area contributed by atoms with Gasteiger partial charge in [-0.05, 0) is 58.3 Å². The molecular weight excluding hydrogens is 263 g/mol. The van der Waals surface area contributed by atoms with E-state index in [2.05, 4.69) is 47.5 Å². The Kier molecular flexibility index (Phi) is 4.12. The Bertz CT molecular complexity index is 452. The molecule has 18 heavy (non-hydrogen) atoms. The van der Waals surface area contributed by atoms with Crippen LogP contribution in [0, 0.1) is 0 Å². The zero-order chi connectivity index (χ0) is 13.3. The summed E-state index contributed by atoms with van der Waals surface area (Å²) < 4.78 is 10.5. The average molecular weight is 284 g/mol. The van der Waals surface area contributed by atoms with Crippen LogP contribution < -0.4 is 4.67 Å². The van der Waals surface area contributed by atoms with Crippen LogP contribution in [0.5, 0.6) is 0 Å². The van der Waals surface area contributed by atoms with Gasteiger partial charge in [0.2, 0.25) is 6.57 Å². The first kappa shape index (κ1) is 14.0. The molecular formula is C13H21N2OPS. The smallest absolute Gasteiger partial charge is 0.228 e. The zero-order valence-electron chi connectivity index (χ0n) is 11.4. The van der Waals surface area contributed by atoms with Crippen LogP contribution in [-0.2, 0) is 16.3 Å². The van der Waals surface area contributed by atoms with Crippen molar-refractivity contribution in [3.8, 4) is 0 Å². The molecule has 1 saturated heterocycles. The van der Waals surface area contributed by atoms with Gasteiger partial charge in [0.05, 0.1) is 6.10 Å². The summed E-state index contributed by atoms with van der Waals surface area (Å²) in [5.41, 5.74) is 1.16. The van der Waals surface area contributed by atoms with Gasteiger partial charge in [0, 0.05) is 11.7 Å². The molecule has 0 bridgehead atoms. The molecule has 5 heteroatoms. The van der Waals surface area contributed by atoms with Gasteiger partial charge in [-0.15, -0.1) is 0 Å². The maximum Gasteiger partial charge on any atom is 0.228 e. The van der Waals surface area contributed by atoms with E-state index in [1.54, 1.807) is 0 Å². The maximum atomic E-state index is 6.15. The summed E-state index contributed by atoms with van der Waals surface area (Å²) in [6.45, 7) is 2.22. The van der Waals surface area contributed by atoms with E-state index in [-0.39, 0.29) is 6.10 Å². The molecule has 0 spiro atoms. The third-order valence-electron chi connectivity index (χ3n) is 3.21. The predicted octanol–water partition coefficient (Wildman–Crippen LogP) is 3.48. The topological polar surface area (TPSA) is 15.7 Å². The van der Waals surface area contributed by atoms with E-state index >= 15 is 0 Å². The maximum absolute atomic E-state index is 6.15. The van der Waals surface area contributed by atoms with Gasteiger partial charge in [-0.1, -0.05) is 18.2 Å². The van der Waals surface area contributed by atoms with Gasteiger partial charge in [0.1, 0.15) is 0 Å². The Hall–Kier alpha value is -0.410. The van der Waals surface area contributed by atoms with Gasteiger partial charge in [-0.3, -0.25) is 0 Å². The second-order valence-electron chi connectivity index (χ2n) is 5.02. The van der Waals surface area contributed by atoms with Crippen LogP contribution in [0.4, 0.5) is 5.69 Å². The Labute approximate surface area is 115 Å². The van der Waals surface area contributed by atoms with Crippen LogP contribution in [0.2, 0.25) is 0 Å². The summed E-state index contributed by atoms with van der Waals surface area (Å²) in [6, 6.07) is 10.8. The molecule has 1 heterocycles.